The van der Waals surface area contributed by atoms with Gasteiger partial charge in [-0.15, -0.1) is 0 Å². The molecule has 0 radical (unpaired) electrons. The Hall–Kier alpha value is -1.44. The van der Waals surface area contributed by atoms with Gasteiger partial charge in [-0.3, -0.25) is 0 Å². The van der Waals surface area contributed by atoms with Crippen LogP contribution in [0.25, 0.3) is 0 Å². The summed E-state index contributed by atoms with van der Waals surface area (Å²) in [5, 5.41) is 8.49. The van der Waals surface area contributed by atoms with Gasteiger partial charge in [-0.2, -0.15) is 0 Å². The van der Waals surface area contributed by atoms with Crippen molar-refractivity contribution in [1.29, 1.82) is 0 Å². The summed E-state index contributed by atoms with van der Waals surface area (Å²) >= 11 is 0. The molecule has 0 fully saturated rings. The Morgan fingerprint density at radius 2 is 2.06 bits per heavy atom. The van der Waals surface area contributed by atoms with E-state index >= 15 is 0 Å². The fourth-order valence-electron chi connectivity index (χ4n) is 1.13. The van der Waals surface area contributed by atoms with Crippen LogP contribution >= 0.6 is 0 Å². The Labute approximate surface area is 92.9 Å². The highest BCUT2D eigenvalue weighted by Crippen LogP contribution is 2.15. The first-order valence-corrected chi connectivity index (χ1v) is 5.93. The number of carbonyl (C=O) groups excluding carboxylic acids is 1. The van der Waals surface area contributed by atoms with Crippen LogP contribution in [0.1, 0.15) is 17.3 Å². The zero-order valence-corrected chi connectivity index (χ0v) is 9.32. The maximum absolute atomic E-state index is 11.4. The summed E-state index contributed by atoms with van der Waals surface area (Å²) < 4.78 is 27.4. The summed E-state index contributed by atoms with van der Waals surface area (Å²) in [5.74, 6) is -0.753. The van der Waals surface area contributed by atoms with E-state index in [1.807, 2.05) is 0 Å². The van der Waals surface area contributed by atoms with Crippen LogP contribution in [0.5, 0.6) is 0 Å². The molecule has 0 unspecified atom stereocenters. The molecule has 0 spiro atoms. The molecule has 0 aliphatic rings. The fourth-order valence-corrected chi connectivity index (χ4v) is 1.92. The maximum atomic E-state index is 11.4. The van der Waals surface area contributed by atoms with Crippen molar-refractivity contribution in [2.24, 2.45) is 0 Å². The molecule has 7 heteroatoms. The molecule has 0 aliphatic carbocycles. The number of esters is 1. The highest BCUT2D eigenvalue weighted by atomic mass is 32.2. The zero-order chi connectivity index (χ0) is 12.2. The van der Waals surface area contributed by atoms with Crippen LogP contribution in [0, 0.1) is 0 Å². The van der Waals surface area contributed by atoms with Gasteiger partial charge in [0, 0.05) is 0 Å². The Kier molecular flexibility index (Phi) is 3.99. The average molecular weight is 245 g/mol. The van der Waals surface area contributed by atoms with Crippen LogP contribution in [0.4, 0.5) is 0 Å². The number of nitrogens with one attached hydrogen (secondary N) is 1. The smallest absolute Gasteiger partial charge is 0.339 e. The van der Waals surface area contributed by atoms with Gasteiger partial charge < -0.3 is 9.94 Å². The van der Waals surface area contributed by atoms with E-state index in [1.54, 1.807) is 6.92 Å². The van der Waals surface area contributed by atoms with E-state index in [4.69, 9.17) is 9.94 Å². The molecule has 0 amide bonds. The standard InChI is InChI=1S/C9H11NO5S/c1-2-15-9(11)7-5-3-4-6-8(7)16(13,14)10-12/h3-6,10,12H,2H2,1H3. The number of hydrogen-bond acceptors (Lipinski definition) is 5. The Bertz CT molecular complexity index is 482. The molecule has 1 rings (SSSR count). The molecular formula is C9H11NO5S. The van der Waals surface area contributed by atoms with Gasteiger partial charge in [0.1, 0.15) is 0 Å². The van der Waals surface area contributed by atoms with Gasteiger partial charge >= 0.3 is 5.97 Å². The van der Waals surface area contributed by atoms with Crippen LogP contribution in [0.2, 0.25) is 0 Å². The average Bonchev–Trinajstić information content (AvgIpc) is 2.29. The topological polar surface area (TPSA) is 92.7 Å². The third-order valence-electron chi connectivity index (χ3n) is 1.79. The Morgan fingerprint density at radius 3 is 2.62 bits per heavy atom. The SMILES string of the molecule is CCOC(=O)c1ccccc1S(=O)(=O)NO. The number of ether oxygens (including phenoxy) is 1. The van der Waals surface area contributed by atoms with E-state index in [9.17, 15) is 13.2 Å². The van der Waals surface area contributed by atoms with Crippen molar-refractivity contribution < 1.29 is 23.2 Å². The van der Waals surface area contributed by atoms with Gasteiger partial charge in [0.25, 0.3) is 10.0 Å². The van der Waals surface area contributed by atoms with Crippen LogP contribution in [-0.2, 0) is 14.8 Å². The third kappa shape index (κ3) is 2.57. The van der Waals surface area contributed by atoms with E-state index in [0.717, 1.165) is 4.89 Å². The summed E-state index contributed by atoms with van der Waals surface area (Å²) in [6.45, 7) is 1.75. The minimum atomic E-state index is -4.09. The van der Waals surface area contributed by atoms with Crippen LogP contribution < -0.4 is 4.89 Å². The van der Waals surface area contributed by atoms with Crippen molar-refractivity contribution in [3.63, 3.8) is 0 Å². The van der Waals surface area contributed by atoms with E-state index in [0.29, 0.717) is 0 Å². The minimum Gasteiger partial charge on any atom is -0.462 e. The van der Waals surface area contributed by atoms with E-state index in [-0.39, 0.29) is 17.1 Å². The molecule has 0 heterocycles. The molecule has 0 saturated heterocycles. The molecule has 6 nitrogen and oxygen atoms in total. The van der Waals surface area contributed by atoms with Gasteiger partial charge in [-0.25, -0.2) is 13.2 Å². The summed E-state index contributed by atoms with van der Waals surface area (Å²) in [4.78, 5) is 12.3. The zero-order valence-electron chi connectivity index (χ0n) is 8.50. The second-order valence-electron chi connectivity index (χ2n) is 2.81. The lowest BCUT2D eigenvalue weighted by Crippen LogP contribution is -2.22. The van der Waals surface area contributed by atoms with Gasteiger partial charge in [0.2, 0.25) is 0 Å². The highest BCUT2D eigenvalue weighted by molar-refractivity contribution is 7.89. The molecular weight excluding hydrogens is 234 g/mol. The van der Waals surface area contributed by atoms with E-state index in [1.165, 1.54) is 24.3 Å². The predicted octanol–water partition coefficient (Wildman–Crippen LogP) is 0.531. The van der Waals surface area contributed by atoms with Gasteiger partial charge in [-0.05, 0) is 19.1 Å². The first-order chi connectivity index (χ1) is 7.53. The largest absolute Gasteiger partial charge is 0.462 e. The van der Waals surface area contributed by atoms with Crippen LogP contribution in [0.3, 0.4) is 0 Å². The first kappa shape index (κ1) is 12.6. The first-order valence-electron chi connectivity index (χ1n) is 4.45. The van der Waals surface area contributed by atoms with Crippen molar-refractivity contribution in [2.75, 3.05) is 6.61 Å². The summed E-state index contributed by atoms with van der Waals surface area (Å²) in [5.41, 5.74) is -0.120. The Balaban J connectivity index is 3.26. The molecule has 1 aromatic carbocycles. The Morgan fingerprint density at radius 1 is 1.44 bits per heavy atom. The molecule has 0 atom stereocenters. The molecule has 16 heavy (non-hydrogen) atoms. The van der Waals surface area contributed by atoms with Crippen molar-refractivity contribution in [1.82, 2.24) is 4.89 Å². The number of carbonyl (C=O) groups is 1. The quantitative estimate of drug-likeness (QED) is 0.596. The number of sulfonamides is 1. The molecule has 1 aromatic rings. The summed E-state index contributed by atoms with van der Waals surface area (Å²) in [6, 6.07) is 5.45. The lowest BCUT2D eigenvalue weighted by Gasteiger charge is -2.07. The number of rotatable bonds is 4. The lowest BCUT2D eigenvalue weighted by atomic mass is 10.2. The lowest BCUT2D eigenvalue weighted by molar-refractivity contribution is 0.0521. The van der Waals surface area contributed by atoms with Crippen LogP contribution in [-0.4, -0.2) is 26.2 Å². The molecule has 0 aliphatic heterocycles. The minimum absolute atomic E-state index is 0.120. The second-order valence-corrected chi connectivity index (χ2v) is 4.44. The number of benzene rings is 1. The maximum Gasteiger partial charge on any atom is 0.339 e. The molecule has 0 saturated carbocycles. The molecule has 0 aromatic heterocycles. The van der Waals surface area contributed by atoms with Gasteiger partial charge in [-0.1, -0.05) is 17.0 Å². The van der Waals surface area contributed by atoms with E-state index in [2.05, 4.69) is 0 Å². The van der Waals surface area contributed by atoms with Gasteiger partial charge in [0.05, 0.1) is 17.1 Å². The monoisotopic (exact) mass is 245 g/mol. The molecule has 88 valence electrons. The van der Waals surface area contributed by atoms with Crippen molar-refractivity contribution in [2.45, 2.75) is 11.8 Å². The normalized spacial score (nSPS) is 11.1. The second kappa shape index (κ2) is 5.06. The predicted molar refractivity (Wildman–Crippen MR) is 54.5 cm³/mol. The van der Waals surface area contributed by atoms with Crippen molar-refractivity contribution >= 4 is 16.0 Å². The van der Waals surface area contributed by atoms with Gasteiger partial charge in [0.15, 0.2) is 0 Å². The van der Waals surface area contributed by atoms with Crippen molar-refractivity contribution in [3.05, 3.63) is 29.8 Å². The molecule has 0 bridgehead atoms. The third-order valence-corrected chi connectivity index (χ3v) is 2.97. The molecule has 2 N–H and O–H groups in total. The highest BCUT2D eigenvalue weighted by Gasteiger charge is 2.21. The van der Waals surface area contributed by atoms with Crippen molar-refractivity contribution in [3.8, 4) is 0 Å². The summed E-state index contributed by atoms with van der Waals surface area (Å²) in [6.07, 6.45) is 0. The van der Waals surface area contributed by atoms with Crippen LogP contribution in [0.15, 0.2) is 29.2 Å². The van der Waals surface area contributed by atoms with E-state index < -0.39 is 16.0 Å². The fraction of sp³-hybridized carbons (Fsp3) is 0.222. The number of hydrogen-bond donors (Lipinski definition) is 2. The summed E-state index contributed by atoms with van der Waals surface area (Å²) in [7, 11) is -4.09.